The van der Waals surface area contributed by atoms with Crippen LogP contribution in [0.3, 0.4) is 0 Å². The molecule has 2 rings (SSSR count). The number of rotatable bonds is 6. The molecule has 0 fully saturated rings. The van der Waals surface area contributed by atoms with Gasteiger partial charge in [-0.1, -0.05) is 13.8 Å². The number of carbonyl (C=O) groups excluding carboxylic acids is 1. The monoisotopic (exact) mass is 286 g/mol. The minimum atomic E-state index is -0.236. The van der Waals surface area contributed by atoms with Crippen molar-refractivity contribution in [2.45, 2.75) is 26.7 Å². The molecule has 0 saturated heterocycles. The first-order valence-corrected chi connectivity index (χ1v) is 6.91. The summed E-state index contributed by atoms with van der Waals surface area (Å²) in [6, 6.07) is 6.96. The molecule has 2 aromatic rings. The van der Waals surface area contributed by atoms with E-state index in [4.69, 9.17) is 0 Å². The van der Waals surface area contributed by atoms with Gasteiger partial charge in [0.2, 0.25) is 0 Å². The van der Waals surface area contributed by atoms with Gasteiger partial charge in [-0.3, -0.25) is 4.79 Å². The average Bonchev–Trinajstić information content (AvgIpc) is 3.06. The molecule has 0 saturated carbocycles. The average molecular weight is 286 g/mol. The van der Waals surface area contributed by atoms with E-state index >= 15 is 0 Å². The van der Waals surface area contributed by atoms with Gasteiger partial charge in [0.1, 0.15) is 6.33 Å². The quantitative estimate of drug-likeness (QED) is 0.648. The molecule has 1 heterocycles. The SMILES string of the molecule is CCC(/C=N/NC(=O)c1ccc(-n2cnnn2)cc1)CC. The topological polar surface area (TPSA) is 85.1 Å². The first kappa shape index (κ1) is 14.8. The van der Waals surface area contributed by atoms with E-state index in [0.29, 0.717) is 11.5 Å². The van der Waals surface area contributed by atoms with E-state index in [0.717, 1.165) is 18.5 Å². The van der Waals surface area contributed by atoms with Crippen molar-refractivity contribution in [1.29, 1.82) is 0 Å². The predicted octanol–water partition coefficient (Wildman–Crippen LogP) is 1.81. The number of hydrazone groups is 1. The minimum Gasteiger partial charge on any atom is -0.267 e. The van der Waals surface area contributed by atoms with Gasteiger partial charge in [-0.15, -0.1) is 5.10 Å². The number of hydrogen-bond donors (Lipinski definition) is 1. The summed E-state index contributed by atoms with van der Waals surface area (Å²) in [7, 11) is 0. The Labute approximate surface area is 123 Å². The molecule has 1 aromatic heterocycles. The molecule has 0 atom stereocenters. The molecular formula is C14H18N6O. The fourth-order valence-corrected chi connectivity index (χ4v) is 1.81. The van der Waals surface area contributed by atoms with Gasteiger partial charge >= 0.3 is 0 Å². The van der Waals surface area contributed by atoms with Crippen LogP contribution in [-0.2, 0) is 0 Å². The Bertz CT molecular complexity index is 586. The zero-order valence-corrected chi connectivity index (χ0v) is 12.1. The van der Waals surface area contributed by atoms with E-state index in [9.17, 15) is 4.79 Å². The van der Waals surface area contributed by atoms with Gasteiger partial charge in [0, 0.05) is 11.8 Å². The van der Waals surface area contributed by atoms with E-state index in [2.05, 4.69) is 39.9 Å². The number of nitrogens with zero attached hydrogens (tertiary/aromatic N) is 5. The molecule has 1 aromatic carbocycles. The summed E-state index contributed by atoms with van der Waals surface area (Å²) < 4.78 is 1.52. The Hall–Kier alpha value is -2.57. The molecule has 0 aliphatic carbocycles. The maximum atomic E-state index is 11.9. The molecule has 1 N–H and O–H groups in total. The summed E-state index contributed by atoms with van der Waals surface area (Å²) in [5.74, 6) is 0.160. The minimum absolute atomic E-state index is 0.236. The lowest BCUT2D eigenvalue weighted by molar-refractivity contribution is 0.0955. The van der Waals surface area contributed by atoms with Gasteiger partial charge in [0.05, 0.1) is 5.69 Å². The Morgan fingerprint density at radius 1 is 1.33 bits per heavy atom. The summed E-state index contributed by atoms with van der Waals surface area (Å²) in [6.07, 6.45) is 5.30. The van der Waals surface area contributed by atoms with E-state index < -0.39 is 0 Å². The highest BCUT2D eigenvalue weighted by Gasteiger charge is 2.05. The second-order valence-electron chi connectivity index (χ2n) is 4.60. The van der Waals surface area contributed by atoms with Crippen molar-refractivity contribution in [3.05, 3.63) is 36.2 Å². The third-order valence-corrected chi connectivity index (χ3v) is 3.24. The lowest BCUT2D eigenvalue weighted by atomic mass is 10.1. The van der Waals surface area contributed by atoms with E-state index in [1.165, 1.54) is 11.0 Å². The summed E-state index contributed by atoms with van der Waals surface area (Å²) in [5, 5.41) is 14.9. The van der Waals surface area contributed by atoms with Crippen LogP contribution in [0.5, 0.6) is 0 Å². The van der Waals surface area contributed by atoms with Gasteiger partial charge in [0.15, 0.2) is 0 Å². The Morgan fingerprint density at radius 3 is 2.62 bits per heavy atom. The number of nitrogens with one attached hydrogen (secondary N) is 1. The zero-order chi connectivity index (χ0) is 15.1. The highest BCUT2D eigenvalue weighted by molar-refractivity contribution is 5.94. The maximum Gasteiger partial charge on any atom is 0.271 e. The third-order valence-electron chi connectivity index (χ3n) is 3.24. The first-order valence-electron chi connectivity index (χ1n) is 6.91. The van der Waals surface area contributed by atoms with E-state index in [1.807, 2.05) is 0 Å². The van der Waals surface area contributed by atoms with Gasteiger partial charge in [-0.2, -0.15) is 5.10 Å². The van der Waals surface area contributed by atoms with Crippen LogP contribution >= 0.6 is 0 Å². The maximum absolute atomic E-state index is 11.9. The molecule has 0 aliphatic heterocycles. The molecule has 0 aliphatic rings. The van der Waals surface area contributed by atoms with Crippen LogP contribution in [0, 0.1) is 5.92 Å². The van der Waals surface area contributed by atoms with Crippen molar-refractivity contribution in [2.75, 3.05) is 0 Å². The molecule has 7 heteroatoms. The van der Waals surface area contributed by atoms with Crippen molar-refractivity contribution in [1.82, 2.24) is 25.6 Å². The second-order valence-corrected chi connectivity index (χ2v) is 4.60. The second kappa shape index (κ2) is 7.28. The van der Waals surface area contributed by atoms with Crippen LogP contribution in [0.15, 0.2) is 35.7 Å². The predicted molar refractivity (Wildman–Crippen MR) is 79.2 cm³/mol. The summed E-state index contributed by atoms with van der Waals surface area (Å²) in [4.78, 5) is 11.9. The third kappa shape index (κ3) is 3.95. The number of benzene rings is 1. The molecule has 1 amide bonds. The highest BCUT2D eigenvalue weighted by atomic mass is 16.2. The largest absolute Gasteiger partial charge is 0.271 e. The standard InChI is InChI=1S/C14H18N6O/c1-3-11(4-2)9-15-17-14(21)12-5-7-13(8-6-12)20-10-16-18-19-20/h5-11H,3-4H2,1-2H3,(H,17,21)/b15-9+. The van der Waals surface area contributed by atoms with Crippen molar-refractivity contribution >= 4 is 12.1 Å². The Morgan fingerprint density at radius 2 is 2.05 bits per heavy atom. The van der Waals surface area contributed by atoms with E-state index in [-0.39, 0.29) is 5.91 Å². The van der Waals surface area contributed by atoms with Gasteiger partial charge in [0.25, 0.3) is 5.91 Å². The van der Waals surface area contributed by atoms with Crippen LogP contribution in [0.1, 0.15) is 37.0 Å². The van der Waals surface area contributed by atoms with Crippen LogP contribution < -0.4 is 5.43 Å². The Kier molecular flexibility index (Phi) is 5.14. The highest BCUT2D eigenvalue weighted by Crippen LogP contribution is 2.08. The molecule has 0 bridgehead atoms. The van der Waals surface area contributed by atoms with Gasteiger partial charge in [-0.25, -0.2) is 10.1 Å². The number of hydrogen-bond acceptors (Lipinski definition) is 5. The molecule has 21 heavy (non-hydrogen) atoms. The van der Waals surface area contributed by atoms with Crippen LogP contribution in [0.25, 0.3) is 5.69 Å². The molecule has 110 valence electrons. The zero-order valence-electron chi connectivity index (χ0n) is 12.1. The summed E-state index contributed by atoms with van der Waals surface area (Å²) >= 11 is 0. The van der Waals surface area contributed by atoms with Gasteiger partial charge < -0.3 is 0 Å². The van der Waals surface area contributed by atoms with E-state index in [1.54, 1.807) is 30.5 Å². The number of amides is 1. The summed E-state index contributed by atoms with van der Waals surface area (Å²) in [5.41, 5.74) is 3.86. The van der Waals surface area contributed by atoms with Crippen LogP contribution in [-0.4, -0.2) is 32.3 Å². The van der Waals surface area contributed by atoms with Crippen molar-refractivity contribution in [3.63, 3.8) is 0 Å². The molecule has 7 nitrogen and oxygen atoms in total. The lowest BCUT2D eigenvalue weighted by Crippen LogP contribution is -2.18. The molecule has 0 spiro atoms. The van der Waals surface area contributed by atoms with Crippen molar-refractivity contribution in [3.8, 4) is 5.69 Å². The number of tetrazole rings is 1. The lowest BCUT2D eigenvalue weighted by Gasteiger charge is -2.05. The fraction of sp³-hybridized carbons (Fsp3) is 0.357. The van der Waals surface area contributed by atoms with Gasteiger partial charge in [-0.05, 0) is 53.5 Å². The smallest absolute Gasteiger partial charge is 0.267 e. The first-order chi connectivity index (χ1) is 10.2. The molecular weight excluding hydrogens is 268 g/mol. The van der Waals surface area contributed by atoms with Crippen molar-refractivity contribution in [2.24, 2.45) is 11.0 Å². The fourth-order valence-electron chi connectivity index (χ4n) is 1.81. The molecule has 0 unspecified atom stereocenters. The Balaban J connectivity index is 1.97. The molecule has 0 radical (unpaired) electrons. The summed E-state index contributed by atoms with van der Waals surface area (Å²) in [6.45, 7) is 4.19. The van der Waals surface area contributed by atoms with Crippen LogP contribution in [0.4, 0.5) is 0 Å². The number of aromatic nitrogens is 4. The van der Waals surface area contributed by atoms with Crippen molar-refractivity contribution < 1.29 is 4.79 Å². The van der Waals surface area contributed by atoms with Crippen LogP contribution in [0.2, 0.25) is 0 Å². The number of carbonyl (C=O) groups is 1. The normalized spacial score (nSPS) is 11.2.